The highest BCUT2D eigenvalue weighted by Crippen LogP contribution is 2.25. The van der Waals surface area contributed by atoms with Crippen LogP contribution in [0.3, 0.4) is 0 Å². The molecule has 1 fully saturated rings. The SMILES string of the molecule is CO[C@H]1CCC[C@H](OC(=O)CC(C)(C)C)C1. The van der Waals surface area contributed by atoms with Gasteiger partial charge in [-0.05, 0) is 24.7 Å². The van der Waals surface area contributed by atoms with E-state index in [2.05, 4.69) is 0 Å². The van der Waals surface area contributed by atoms with Crippen LogP contribution in [0.15, 0.2) is 0 Å². The number of rotatable bonds is 3. The van der Waals surface area contributed by atoms with Gasteiger partial charge in [0.25, 0.3) is 0 Å². The van der Waals surface area contributed by atoms with Crippen LogP contribution >= 0.6 is 0 Å². The summed E-state index contributed by atoms with van der Waals surface area (Å²) in [6.07, 6.45) is 4.83. The normalized spacial score (nSPS) is 26.5. The highest BCUT2D eigenvalue weighted by atomic mass is 16.5. The lowest BCUT2D eigenvalue weighted by atomic mass is 9.92. The molecule has 16 heavy (non-hydrogen) atoms. The van der Waals surface area contributed by atoms with E-state index in [1.54, 1.807) is 7.11 Å². The van der Waals surface area contributed by atoms with Crippen molar-refractivity contribution in [2.24, 2.45) is 5.41 Å². The van der Waals surface area contributed by atoms with Crippen LogP contribution in [0.25, 0.3) is 0 Å². The molecule has 0 aromatic carbocycles. The van der Waals surface area contributed by atoms with Crippen molar-refractivity contribution in [1.82, 2.24) is 0 Å². The molecule has 0 saturated heterocycles. The first kappa shape index (κ1) is 13.5. The number of carbonyl (C=O) groups is 1. The lowest BCUT2D eigenvalue weighted by Crippen LogP contribution is -2.30. The van der Waals surface area contributed by atoms with Crippen molar-refractivity contribution in [2.75, 3.05) is 7.11 Å². The lowest BCUT2D eigenvalue weighted by Gasteiger charge is -2.28. The molecule has 0 N–H and O–H groups in total. The fraction of sp³-hybridized carbons (Fsp3) is 0.923. The van der Waals surface area contributed by atoms with Crippen molar-refractivity contribution in [2.45, 2.75) is 65.1 Å². The molecule has 0 bridgehead atoms. The summed E-state index contributed by atoms with van der Waals surface area (Å²) in [5.41, 5.74) is 0.00636. The molecule has 3 heteroatoms. The van der Waals surface area contributed by atoms with Crippen LogP contribution in [0.4, 0.5) is 0 Å². The third-order valence-electron chi connectivity index (χ3n) is 2.88. The highest BCUT2D eigenvalue weighted by Gasteiger charge is 2.26. The van der Waals surface area contributed by atoms with Gasteiger partial charge in [0, 0.05) is 13.5 Å². The summed E-state index contributed by atoms with van der Waals surface area (Å²) >= 11 is 0. The van der Waals surface area contributed by atoms with Crippen LogP contribution in [0.5, 0.6) is 0 Å². The predicted molar refractivity (Wildman–Crippen MR) is 63.2 cm³/mol. The second kappa shape index (κ2) is 5.67. The highest BCUT2D eigenvalue weighted by molar-refractivity contribution is 5.70. The number of hydrogen-bond donors (Lipinski definition) is 0. The number of ether oxygens (including phenoxy) is 2. The van der Waals surface area contributed by atoms with E-state index in [1.807, 2.05) is 20.8 Å². The summed E-state index contributed by atoms with van der Waals surface area (Å²) < 4.78 is 10.8. The van der Waals surface area contributed by atoms with E-state index in [0.717, 1.165) is 25.7 Å². The van der Waals surface area contributed by atoms with Crippen molar-refractivity contribution in [1.29, 1.82) is 0 Å². The molecule has 1 aliphatic rings. The molecule has 0 heterocycles. The maximum absolute atomic E-state index is 11.7. The summed E-state index contributed by atoms with van der Waals surface area (Å²) in [6.45, 7) is 6.15. The Hall–Kier alpha value is -0.570. The zero-order valence-electron chi connectivity index (χ0n) is 10.9. The smallest absolute Gasteiger partial charge is 0.306 e. The molecule has 0 aliphatic heterocycles. The Labute approximate surface area is 98.5 Å². The van der Waals surface area contributed by atoms with Gasteiger partial charge in [-0.15, -0.1) is 0 Å². The molecule has 94 valence electrons. The summed E-state index contributed by atoms with van der Waals surface area (Å²) in [5.74, 6) is -0.0748. The van der Waals surface area contributed by atoms with Crippen molar-refractivity contribution >= 4 is 5.97 Å². The molecule has 0 aromatic rings. The van der Waals surface area contributed by atoms with Gasteiger partial charge in [0.1, 0.15) is 6.10 Å². The summed E-state index contributed by atoms with van der Waals surface area (Å²) in [4.78, 5) is 11.7. The van der Waals surface area contributed by atoms with Crippen LogP contribution in [0.2, 0.25) is 0 Å². The minimum absolute atomic E-state index is 0.00636. The average Bonchev–Trinajstić information content (AvgIpc) is 2.15. The predicted octanol–water partition coefficient (Wildman–Crippen LogP) is 2.92. The van der Waals surface area contributed by atoms with E-state index < -0.39 is 0 Å². The van der Waals surface area contributed by atoms with E-state index in [-0.39, 0.29) is 23.6 Å². The van der Waals surface area contributed by atoms with E-state index in [0.29, 0.717) is 6.42 Å². The molecule has 1 saturated carbocycles. The first-order valence-electron chi connectivity index (χ1n) is 6.13. The van der Waals surface area contributed by atoms with Crippen LogP contribution in [0, 0.1) is 5.41 Å². The Bertz CT molecular complexity index is 230. The van der Waals surface area contributed by atoms with Crippen molar-refractivity contribution in [3.63, 3.8) is 0 Å². The number of esters is 1. The van der Waals surface area contributed by atoms with Gasteiger partial charge in [-0.3, -0.25) is 4.79 Å². The Morgan fingerprint density at radius 1 is 1.25 bits per heavy atom. The molecule has 0 unspecified atom stereocenters. The molecular formula is C13H24O3. The van der Waals surface area contributed by atoms with Crippen LogP contribution in [-0.4, -0.2) is 25.3 Å². The second-order valence-electron chi connectivity index (χ2n) is 5.87. The molecular weight excluding hydrogens is 204 g/mol. The third-order valence-corrected chi connectivity index (χ3v) is 2.88. The Balaban J connectivity index is 2.33. The second-order valence-corrected chi connectivity index (χ2v) is 5.87. The third kappa shape index (κ3) is 4.97. The van der Waals surface area contributed by atoms with Gasteiger partial charge in [0.05, 0.1) is 12.5 Å². The largest absolute Gasteiger partial charge is 0.462 e. The Morgan fingerprint density at radius 2 is 1.88 bits per heavy atom. The van der Waals surface area contributed by atoms with Gasteiger partial charge in [-0.2, -0.15) is 0 Å². The van der Waals surface area contributed by atoms with Crippen LogP contribution in [0.1, 0.15) is 52.9 Å². The van der Waals surface area contributed by atoms with Gasteiger partial charge in [-0.1, -0.05) is 20.8 Å². The van der Waals surface area contributed by atoms with Gasteiger partial charge in [-0.25, -0.2) is 0 Å². The fourth-order valence-electron chi connectivity index (χ4n) is 2.08. The monoisotopic (exact) mass is 228 g/mol. The topological polar surface area (TPSA) is 35.5 Å². The van der Waals surface area contributed by atoms with Crippen molar-refractivity contribution in [3.05, 3.63) is 0 Å². The summed E-state index contributed by atoms with van der Waals surface area (Å²) in [5, 5.41) is 0. The van der Waals surface area contributed by atoms with Gasteiger partial charge < -0.3 is 9.47 Å². The van der Waals surface area contributed by atoms with Crippen molar-refractivity contribution < 1.29 is 14.3 Å². The quantitative estimate of drug-likeness (QED) is 0.697. The zero-order valence-corrected chi connectivity index (χ0v) is 10.9. The van der Waals surface area contributed by atoms with Gasteiger partial charge in [0.2, 0.25) is 0 Å². The molecule has 0 aromatic heterocycles. The number of carbonyl (C=O) groups excluding carboxylic acids is 1. The number of methoxy groups -OCH3 is 1. The maximum atomic E-state index is 11.7. The molecule has 3 nitrogen and oxygen atoms in total. The Kier molecular flexibility index (Phi) is 4.78. The molecule has 0 amide bonds. The maximum Gasteiger partial charge on any atom is 0.306 e. The van der Waals surface area contributed by atoms with Gasteiger partial charge >= 0.3 is 5.97 Å². The zero-order chi connectivity index (χ0) is 12.2. The lowest BCUT2D eigenvalue weighted by molar-refractivity contribution is -0.154. The standard InChI is InChI=1S/C13H24O3/c1-13(2,3)9-12(14)16-11-7-5-6-10(8-11)15-4/h10-11H,5-9H2,1-4H3/t10-,11-/m0/s1. The van der Waals surface area contributed by atoms with E-state index in [1.165, 1.54) is 0 Å². The first-order valence-corrected chi connectivity index (χ1v) is 6.13. The van der Waals surface area contributed by atoms with E-state index >= 15 is 0 Å². The molecule has 1 rings (SSSR count). The summed E-state index contributed by atoms with van der Waals surface area (Å²) in [7, 11) is 1.73. The minimum atomic E-state index is -0.0748. The van der Waals surface area contributed by atoms with Crippen LogP contribution in [-0.2, 0) is 14.3 Å². The Morgan fingerprint density at radius 3 is 2.44 bits per heavy atom. The number of hydrogen-bond acceptors (Lipinski definition) is 3. The molecule has 1 aliphatic carbocycles. The van der Waals surface area contributed by atoms with Gasteiger partial charge in [0.15, 0.2) is 0 Å². The summed E-state index contributed by atoms with van der Waals surface area (Å²) in [6, 6.07) is 0. The van der Waals surface area contributed by atoms with Crippen LogP contribution < -0.4 is 0 Å². The van der Waals surface area contributed by atoms with E-state index in [9.17, 15) is 4.79 Å². The van der Waals surface area contributed by atoms with Crippen molar-refractivity contribution in [3.8, 4) is 0 Å². The van der Waals surface area contributed by atoms with E-state index in [4.69, 9.17) is 9.47 Å². The molecule has 0 spiro atoms. The average molecular weight is 228 g/mol. The fourth-order valence-corrected chi connectivity index (χ4v) is 2.08. The molecule has 0 radical (unpaired) electrons. The molecule has 2 atom stereocenters. The minimum Gasteiger partial charge on any atom is -0.462 e. The first-order chi connectivity index (χ1) is 7.40.